The number of hydrogen-bond acceptors (Lipinski definition) is 4. The van der Waals surface area contributed by atoms with Gasteiger partial charge < -0.3 is 15.4 Å². The van der Waals surface area contributed by atoms with E-state index in [1.54, 1.807) is 0 Å². The third kappa shape index (κ3) is 5.74. The summed E-state index contributed by atoms with van der Waals surface area (Å²) < 4.78 is 5.59. The van der Waals surface area contributed by atoms with Crippen molar-refractivity contribution in [2.24, 2.45) is 10.9 Å². The molecule has 128 valence electrons. The lowest BCUT2D eigenvalue weighted by molar-refractivity contribution is 0.0154. The molecule has 0 aromatic carbocycles. The zero-order chi connectivity index (χ0) is 15.8. The molecule has 0 radical (unpaired) electrons. The Kier molecular flexibility index (Phi) is 7.42. The molecule has 6 heteroatoms. The summed E-state index contributed by atoms with van der Waals surface area (Å²) in [6.45, 7) is 14.0. The van der Waals surface area contributed by atoms with Crippen molar-refractivity contribution >= 4 is 5.96 Å². The fourth-order valence-electron chi connectivity index (χ4n) is 3.05. The fourth-order valence-corrected chi connectivity index (χ4v) is 3.05. The van der Waals surface area contributed by atoms with Gasteiger partial charge in [0.25, 0.3) is 0 Å². The van der Waals surface area contributed by atoms with Crippen LogP contribution in [0, 0.1) is 5.92 Å². The summed E-state index contributed by atoms with van der Waals surface area (Å²) in [7, 11) is 1.83. The normalized spacial score (nSPS) is 28.2. The average molecular weight is 311 g/mol. The van der Waals surface area contributed by atoms with Gasteiger partial charge in [0.1, 0.15) is 0 Å². The number of nitrogens with one attached hydrogen (secondary N) is 2. The van der Waals surface area contributed by atoms with Crippen molar-refractivity contribution < 1.29 is 4.74 Å². The van der Waals surface area contributed by atoms with E-state index in [0.717, 1.165) is 38.7 Å². The Bertz CT molecular complexity index is 339. The molecule has 1 atom stereocenters. The van der Waals surface area contributed by atoms with Crippen LogP contribution >= 0.6 is 0 Å². The molecule has 3 aliphatic rings. The maximum absolute atomic E-state index is 5.59. The zero-order valence-electron chi connectivity index (χ0n) is 14.5. The summed E-state index contributed by atoms with van der Waals surface area (Å²) in [5, 5.41) is 6.83. The summed E-state index contributed by atoms with van der Waals surface area (Å²) in [6.07, 6.45) is 1.01. The Morgan fingerprint density at radius 1 is 1.23 bits per heavy atom. The molecule has 0 spiro atoms. The highest BCUT2D eigenvalue weighted by atomic mass is 16.5. The van der Waals surface area contributed by atoms with Crippen molar-refractivity contribution in [1.29, 1.82) is 0 Å². The van der Waals surface area contributed by atoms with Crippen LogP contribution in [-0.4, -0.2) is 87.9 Å². The van der Waals surface area contributed by atoms with Crippen LogP contribution in [0.5, 0.6) is 0 Å². The minimum absolute atomic E-state index is 0.610. The number of hydrogen-bond donors (Lipinski definition) is 2. The number of guanidine groups is 1. The Balaban J connectivity index is 1.55. The molecule has 0 aromatic rings. The van der Waals surface area contributed by atoms with Crippen molar-refractivity contribution in [3.8, 4) is 0 Å². The van der Waals surface area contributed by atoms with Gasteiger partial charge in [0.15, 0.2) is 5.96 Å². The van der Waals surface area contributed by atoms with Gasteiger partial charge in [-0.3, -0.25) is 14.8 Å². The molecule has 2 N–H and O–H groups in total. The smallest absolute Gasteiger partial charge is 0.191 e. The molecular weight excluding hydrogens is 278 g/mol. The summed E-state index contributed by atoms with van der Waals surface area (Å²) in [6, 6.07) is 0.621. The van der Waals surface area contributed by atoms with Gasteiger partial charge in [0.05, 0.1) is 0 Å². The van der Waals surface area contributed by atoms with Gasteiger partial charge in [-0.25, -0.2) is 0 Å². The molecule has 2 bridgehead atoms. The van der Waals surface area contributed by atoms with E-state index in [1.165, 1.54) is 32.7 Å². The van der Waals surface area contributed by atoms with E-state index in [9.17, 15) is 0 Å². The SMILES string of the molecule is CN=C(NCCCOCC(C)C)NCC1CN2CCN1CC2. The van der Waals surface area contributed by atoms with Crippen molar-refractivity contribution in [1.82, 2.24) is 20.4 Å². The maximum Gasteiger partial charge on any atom is 0.191 e. The van der Waals surface area contributed by atoms with E-state index in [2.05, 4.69) is 39.3 Å². The molecule has 0 aromatic heterocycles. The molecular formula is C16H33N5O. The predicted octanol–water partition coefficient (Wildman–Crippen LogP) is 0.214. The molecule has 3 aliphatic heterocycles. The molecule has 1 unspecified atom stereocenters. The van der Waals surface area contributed by atoms with Crippen molar-refractivity contribution in [2.75, 3.05) is 66.1 Å². The van der Waals surface area contributed by atoms with Crippen LogP contribution in [0.1, 0.15) is 20.3 Å². The zero-order valence-corrected chi connectivity index (χ0v) is 14.5. The van der Waals surface area contributed by atoms with Crippen molar-refractivity contribution in [2.45, 2.75) is 26.3 Å². The van der Waals surface area contributed by atoms with Gasteiger partial charge in [0, 0.05) is 72.1 Å². The predicted molar refractivity (Wildman–Crippen MR) is 91.4 cm³/mol. The second-order valence-corrected chi connectivity index (χ2v) is 6.69. The van der Waals surface area contributed by atoms with Crippen LogP contribution in [0.15, 0.2) is 4.99 Å². The highest BCUT2D eigenvalue weighted by Crippen LogP contribution is 2.14. The van der Waals surface area contributed by atoms with Gasteiger partial charge in [-0.05, 0) is 12.3 Å². The standard InChI is InChI=1S/C16H33N5O/c1-14(2)13-22-10-4-5-18-16(17-3)19-11-15-12-20-6-8-21(15)9-7-20/h14-15H,4-13H2,1-3H3,(H2,17,18,19). The second-order valence-electron chi connectivity index (χ2n) is 6.69. The van der Waals surface area contributed by atoms with Gasteiger partial charge in [-0.1, -0.05) is 13.8 Å². The van der Waals surface area contributed by atoms with E-state index in [1.807, 2.05) is 7.05 Å². The highest BCUT2D eigenvalue weighted by molar-refractivity contribution is 5.79. The Labute approximate surface area is 135 Å². The van der Waals surface area contributed by atoms with Crippen LogP contribution < -0.4 is 10.6 Å². The van der Waals surface area contributed by atoms with Gasteiger partial charge in [-0.2, -0.15) is 0 Å². The second kappa shape index (κ2) is 9.33. The number of piperazine rings is 3. The van der Waals surface area contributed by atoms with E-state index < -0.39 is 0 Å². The first-order valence-electron chi connectivity index (χ1n) is 8.67. The monoisotopic (exact) mass is 311 g/mol. The molecule has 3 heterocycles. The van der Waals surface area contributed by atoms with E-state index in [-0.39, 0.29) is 0 Å². The van der Waals surface area contributed by atoms with Gasteiger partial charge in [-0.15, -0.1) is 0 Å². The molecule has 3 saturated heterocycles. The first-order valence-corrected chi connectivity index (χ1v) is 8.67. The Morgan fingerprint density at radius 3 is 2.59 bits per heavy atom. The molecule has 22 heavy (non-hydrogen) atoms. The number of fused-ring (bicyclic) bond motifs is 3. The topological polar surface area (TPSA) is 52.1 Å². The van der Waals surface area contributed by atoms with Gasteiger partial charge >= 0.3 is 0 Å². The quantitative estimate of drug-likeness (QED) is 0.381. The Hall–Kier alpha value is -0.850. The molecule has 0 amide bonds. The summed E-state index contributed by atoms with van der Waals surface area (Å²) in [5.41, 5.74) is 0. The molecule has 0 saturated carbocycles. The lowest BCUT2D eigenvalue weighted by Gasteiger charge is -2.47. The molecule has 0 aliphatic carbocycles. The third-order valence-corrected chi connectivity index (χ3v) is 4.33. The lowest BCUT2D eigenvalue weighted by atomic mass is 10.1. The summed E-state index contributed by atoms with van der Waals surface area (Å²) in [4.78, 5) is 9.46. The first kappa shape index (κ1) is 17.5. The maximum atomic E-state index is 5.59. The fraction of sp³-hybridized carbons (Fsp3) is 0.938. The molecule has 3 rings (SSSR count). The minimum atomic E-state index is 0.610. The summed E-state index contributed by atoms with van der Waals surface area (Å²) >= 11 is 0. The lowest BCUT2D eigenvalue weighted by Crippen LogP contribution is -2.63. The van der Waals surface area contributed by atoms with Crippen LogP contribution in [0.2, 0.25) is 0 Å². The Morgan fingerprint density at radius 2 is 2.00 bits per heavy atom. The van der Waals surface area contributed by atoms with Crippen LogP contribution in [-0.2, 0) is 4.74 Å². The third-order valence-electron chi connectivity index (χ3n) is 4.33. The number of nitrogens with zero attached hydrogens (tertiary/aromatic N) is 3. The van der Waals surface area contributed by atoms with Crippen molar-refractivity contribution in [3.63, 3.8) is 0 Å². The summed E-state index contributed by atoms with van der Waals surface area (Å²) in [5.74, 6) is 1.51. The minimum Gasteiger partial charge on any atom is -0.381 e. The van der Waals surface area contributed by atoms with Gasteiger partial charge in [0.2, 0.25) is 0 Å². The first-order chi connectivity index (χ1) is 10.7. The number of rotatable bonds is 8. The average Bonchev–Trinajstić information content (AvgIpc) is 2.54. The largest absolute Gasteiger partial charge is 0.381 e. The van der Waals surface area contributed by atoms with E-state index in [0.29, 0.717) is 12.0 Å². The number of aliphatic imine (C=N–C) groups is 1. The van der Waals surface area contributed by atoms with Crippen LogP contribution in [0.25, 0.3) is 0 Å². The van der Waals surface area contributed by atoms with Crippen LogP contribution in [0.4, 0.5) is 0 Å². The van der Waals surface area contributed by atoms with Crippen molar-refractivity contribution in [3.05, 3.63) is 0 Å². The highest BCUT2D eigenvalue weighted by Gasteiger charge is 2.31. The van der Waals surface area contributed by atoms with E-state index in [4.69, 9.17) is 4.74 Å². The van der Waals surface area contributed by atoms with E-state index >= 15 is 0 Å². The molecule has 6 nitrogen and oxygen atoms in total. The van der Waals surface area contributed by atoms with Crippen LogP contribution in [0.3, 0.4) is 0 Å². The molecule has 3 fully saturated rings. The number of ether oxygens (including phenoxy) is 1.